The summed E-state index contributed by atoms with van der Waals surface area (Å²) in [7, 11) is 0. The molecule has 0 amide bonds. The quantitative estimate of drug-likeness (QED) is 0.636. The molecule has 0 aliphatic carbocycles. The van der Waals surface area contributed by atoms with Gasteiger partial charge in [0.25, 0.3) is 0 Å². The number of carbonyl (C=O) groups is 1. The number of hydrogen-bond donors (Lipinski definition) is 0. The van der Waals surface area contributed by atoms with Crippen molar-refractivity contribution in [1.29, 1.82) is 0 Å². The maximum atomic E-state index is 11.8. The van der Waals surface area contributed by atoms with Gasteiger partial charge in [-0.3, -0.25) is 0 Å². The molecule has 0 fully saturated rings. The first-order valence-corrected chi connectivity index (χ1v) is 6.31. The summed E-state index contributed by atoms with van der Waals surface area (Å²) >= 11 is 5.79. The number of aromatic nitrogens is 2. The van der Waals surface area contributed by atoms with E-state index in [0.717, 1.165) is 5.56 Å². The fraction of sp³-hybridized carbons (Fsp3) is 0.214. The summed E-state index contributed by atoms with van der Waals surface area (Å²) in [6.07, 6.45) is 1.92. The van der Waals surface area contributed by atoms with Crippen LogP contribution in [0, 0.1) is 0 Å². The molecule has 0 saturated carbocycles. The molecule has 1 aromatic heterocycles. The fourth-order valence-electron chi connectivity index (χ4n) is 1.70. The molecule has 0 N–H and O–H groups in total. The van der Waals surface area contributed by atoms with Gasteiger partial charge in [0, 0.05) is 12.6 Å². The maximum Gasteiger partial charge on any atom is 0.341 e. The Morgan fingerprint density at radius 3 is 2.74 bits per heavy atom. The van der Waals surface area contributed by atoms with Crippen molar-refractivity contribution in [3.63, 3.8) is 0 Å². The molecule has 2 aromatic rings. The lowest BCUT2D eigenvalue weighted by molar-refractivity contribution is 0.0524. The van der Waals surface area contributed by atoms with E-state index in [4.69, 9.17) is 16.3 Å². The molecular weight excluding hydrogens is 264 g/mol. The van der Waals surface area contributed by atoms with Crippen LogP contribution in [0.4, 0.5) is 0 Å². The Bertz CT molecular complexity index is 573. The van der Waals surface area contributed by atoms with Crippen molar-refractivity contribution in [3.05, 3.63) is 58.6 Å². The van der Waals surface area contributed by atoms with Crippen molar-refractivity contribution in [1.82, 2.24) is 9.97 Å². The summed E-state index contributed by atoms with van der Waals surface area (Å²) in [6, 6.07) is 9.73. The Labute approximate surface area is 116 Å². The van der Waals surface area contributed by atoms with Crippen LogP contribution in [0.2, 0.25) is 5.28 Å². The van der Waals surface area contributed by atoms with Crippen molar-refractivity contribution in [2.24, 2.45) is 0 Å². The molecule has 19 heavy (non-hydrogen) atoms. The van der Waals surface area contributed by atoms with E-state index >= 15 is 0 Å². The van der Waals surface area contributed by atoms with Crippen molar-refractivity contribution in [2.75, 3.05) is 6.61 Å². The molecule has 0 atom stereocenters. The summed E-state index contributed by atoms with van der Waals surface area (Å²) in [6.45, 7) is 2.07. The van der Waals surface area contributed by atoms with Gasteiger partial charge in [-0.15, -0.1) is 0 Å². The number of rotatable bonds is 4. The van der Waals surface area contributed by atoms with Gasteiger partial charge in [-0.05, 0) is 24.1 Å². The van der Waals surface area contributed by atoms with E-state index in [0.29, 0.717) is 24.3 Å². The van der Waals surface area contributed by atoms with Crippen LogP contribution < -0.4 is 0 Å². The highest BCUT2D eigenvalue weighted by atomic mass is 35.5. The van der Waals surface area contributed by atoms with Gasteiger partial charge in [-0.1, -0.05) is 30.3 Å². The van der Waals surface area contributed by atoms with Crippen LogP contribution in [0.1, 0.15) is 28.5 Å². The van der Waals surface area contributed by atoms with Gasteiger partial charge in [-0.2, -0.15) is 0 Å². The molecule has 0 spiro atoms. The second-order valence-electron chi connectivity index (χ2n) is 3.88. The minimum absolute atomic E-state index is 0.124. The number of nitrogens with zero attached hydrogens (tertiary/aromatic N) is 2. The number of carbonyl (C=O) groups excluding carboxylic acids is 1. The first-order chi connectivity index (χ1) is 9.20. The van der Waals surface area contributed by atoms with Crippen molar-refractivity contribution in [3.8, 4) is 0 Å². The molecule has 0 unspecified atom stereocenters. The molecule has 0 aliphatic rings. The SMILES string of the molecule is CCOC(=O)c1cnc(Cl)nc1Cc1ccccc1. The van der Waals surface area contributed by atoms with E-state index in [2.05, 4.69) is 9.97 Å². The predicted octanol–water partition coefficient (Wildman–Crippen LogP) is 2.90. The van der Waals surface area contributed by atoms with Gasteiger partial charge in [0.2, 0.25) is 5.28 Å². The second kappa shape index (κ2) is 6.29. The number of benzene rings is 1. The minimum Gasteiger partial charge on any atom is -0.462 e. The smallest absolute Gasteiger partial charge is 0.341 e. The highest BCUT2D eigenvalue weighted by Gasteiger charge is 2.15. The van der Waals surface area contributed by atoms with Crippen LogP contribution in [0.3, 0.4) is 0 Å². The zero-order valence-electron chi connectivity index (χ0n) is 10.5. The molecular formula is C14H13ClN2O2. The van der Waals surface area contributed by atoms with E-state index in [9.17, 15) is 4.79 Å². The average Bonchev–Trinajstić information content (AvgIpc) is 2.40. The fourth-order valence-corrected chi connectivity index (χ4v) is 1.85. The van der Waals surface area contributed by atoms with Gasteiger partial charge in [0.1, 0.15) is 0 Å². The molecule has 0 radical (unpaired) electrons. The maximum absolute atomic E-state index is 11.8. The van der Waals surface area contributed by atoms with Gasteiger partial charge >= 0.3 is 5.97 Å². The van der Waals surface area contributed by atoms with E-state index in [1.807, 2.05) is 30.3 Å². The van der Waals surface area contributed by atoms with Crippen LogP contribution in [0.5, 0.6) is 0 Å². The summed E-state index contributed by atoms with van der Waals surface area (Å²) in [5.74, 6) is -0.426. The highest BCUT2D eigenvalue weighted by molar-refractivity contribution is 6.28. The Morgan fingerprint density at radius 2 is 2.05 bits per heavy atom. The summed E-state index contributed by atoms with van der Waals surface area (Å²) < 4.78 is 4.98. The third kappa shape index (κ3) is 3.51. The molecule has 4 nitrogen and oxygen atoms in total. The molecule has 0 saturated heterocycles. The molecule has 1 aromatic carbocycles. The largest absolute Gasteiger partial charge is 0.462 e. The lowest BCUT2D eigenvalue weighted by Crippen LogP contribution is -2.11. The highest BCUT2D eigenvalue weighted by Crippen LogP contribution is 2.15. The third-order valence-electron chi connectivity index (χ3n) is 2.55. The van der Waals surface area contributed by atoms with Crippen molar-refractivity contribution >= 4 is 17.6 Å². The molecule has 2 rings (SSSR count). The second-order valence-corrected chi connectivity index (χ2v) is 4.22. The summed E-state index contributed by atoms with van der Waals surface area (Å²) in [5.41, 5.74) is 1.97. The summed E-state index contributed by atoms with van der Waals surface area (Å²) in [5, 5.41) is 0.124. The van der Waals surface area contributed by atoms with Crippen molar-refractivity contribution < 1.29 is 9.53 Å². The summed E-state index contributed by atoms with van der Waals surface area (Å²) in [4.78, 5) is 19.8. The van der Waals surface area contributed by atoms with Gasteiger partial charge < -0.3 is 4.74 Å². The zero-order chi connectivity index (χ0) is 13.7. The molecule has 0 bridgehead atoms. The molecule has 98 valence electrons. The Balaban J connectivity index is 2.32. The van der Waals surface area contributed by atoms with E-state index in [1.54, 1.807) is 6.92 Å². The van der Waals surface area contributed by atoms with Crippen molar-refractivity contribution in [2.45, 2.75) is 13.3 Å². The van der Waals surface area contributed by atoms with E-state index in [1.165, 1.54) is 6.20 Å². The van der Waals surface area contributed by atoms with Crippen LogP contribution in [-0.4, -0.2) is 22.5 Å². The number of ether oxygens (including phenoxy) is 1. The lowest BCUT2D eigenvalue weighted by Gasteiger charge is -2.08. The van der Waals surface area contributed by atoms with Crippen LogP contribution in [0.15, 0.2) is 36.5 Å². The average molecular weight is 277 g/mol. The van der Waals surface area contributed by atoms with Crippen LogP contribution in [0.25, 0.3) is 0 Å². The van der Waals surface area contributed by atoms with Crippen LogP contribution >= 0.6 is 11.6 Å². The molecule has 1 heterocycles. The van der Waals surface area contributed by atoms with Crippen LogP contribution in [-0.2, 0) is 11.2 Å². The van der Waals surface area contributed by atoms with E-state index < -0.39 is 5.97 Å². The Hall–Kier alpha value is -1.94. The normalized spacial score (nSPS) is 10.2. The predicted molar refractivity (Wildman–Crippen MR) is 72.2 cm³/mol. The molecule has 0 aliphatic heterocycles. The van der Waals surface area contributed by atoms with Gasteiger partial charge in [-0.25, -0.2) is 14.8 Å². The number of esters is 1. The number of halogens is 1. The van der Waals surface area contributed by atoms with Gasteiger partial charge in [0.05, 0.1) is 17.9 Å². The minimum atomic E-state index is -0.426. The lowest BCUT2D eigenvalue weighted by atomic mass is 10.1. The van der Waals surface area contributed by atoms with Gasteiger partial charge in [0.15, 0.2) is 0 Å². The number of hydrogen-bond acceptors (Lipinski definition) is 4. The third-order valence-corrected chi connectivity index (χ3v) is 2.73. The Morgan fingerprint density at radius 1 is 1.32 bits per heavy atom. The monoisotopic (exact) mass is 276 g/mol. The standard InChI is InChI=1S/C14H13ClN2O2/c1-2-19-13(18)11-9-16-14(15)17-12(11)8-10-6-4-3-5-7-10/h3-7,9H,2,8H2,1H3. The Kier molecular flexibility index (Phi) is 4.47. The van der Waals surface area contributed by atoms with E-state index in [-0.39, 0.29) is 5.28 Å². The first-order valence-electron chi connectivity index (χ1n) is 5.93. The zero-order valence-corrected chi connectivity index (χ0v) is 11.2. The topological polar surface area (TPSA) is 52.1 Å². The molecule has 5 heteroatoms. The first kappa shape index (κ1) is 13.5.